The van der Waals surface area contributed by atoms with Crippen molar-refractivity contribution in [3.63, 3.8) is 0 Å². The lowest BCUT2D eigenvalue weighted by Crippen LogP contribution is -2.25. The average Bonchev–Trinajstić information content (AvgIpc) is 2.24. The maximum atomic E-state index is 11.3. The first-order valence-electron chi connectivity index (χ1n) is 4.29. The van der Waals surface area contributed by atoms with Crippen molar-refractivity contribution < 1.29 is 19.5 Å². The van der Waals surface area contributed by atoms with Crippen molar-refractivity contribution in [3.05, 3.63) is 24.0 Å². The molecule has 0 aliphatic carbocycles. The standard InChI is InChI=1S/C9H12N2O4/c1-14-2-3-15-11-9(13)7-4-8(12)6-10-5-7/h4-6,12H,2-3H2,1H3,(H,11,13). The highest BCUT2D eigenvalue weighted by molar-refractivity contribution is 5.93. The fraction of sp³-hybridized carbons (Fsp3) is 0.333. The summed E-state index contributed by atoms with van der Waals surface area (Å²) in [7, 11) is 1.53. The Labute approximate surface area is 86.8 Å². The minimum atomic E-state index is -0.463. The molecule has 15 heavy (non-hydrogen) atoms. The molecule has 0 fully saturated rings. The molecule has 0 saturated carbocycles. The third-order valence-electron chi connectivity index (χ3n) is 1.54. The minimum Gasteiger partial charge on any atom is -0.506 e. The molecule has 0 bridgehead atoms. The predicted molar refractivity (Wildman–Crippen MR) is 51.2 cm³/mol. The van der Waals surface area contributed by atoms with Gasteiger partial charge in [-0.25, -0.2) is 5.48 Å². The molecule has 0 aromatic carbocycles. The van der Waals surface area contributed by atoms with Gasteiger partial charge in [0.25, 0.3) is 5.91 Å². The summed E-state index contributed by atoms with van der Waals surface area (Å²) < 4.78 is 4.72. The summed E-state index contributed by atoms with van der Waals surface area (Å²) in [5, 5.41) is 9.07. The van der Waals surface area contributed by atoms with Crippen LogP contribution in [-0.4, -0.2) is 36.3 Å². The first-order chi connectivity index (χ1) is 7.24. The second kappa shape index (κ2) is 5.94. The molecule has 0 radical (unpaired) electrons. The highest BCUT2D eigenvalue weighted by atomic mass is 16.7. The Bertz CT molecular complexity index is 330. The van der Waals surface area contributed by atoms with Gasteiger partial charge < -0.3 is 9.84 Å². The number of ether oxygens (including phenoxy) is 1. The molecule has 2 N–H and O–H groups in total. The maximum Gasteiger partial charge on any atom is 0.276 e. The number of hydroxylamine groups is 1. The maximum absolute atomic E-state index is 11.3. The molecule has 0 saturated heterocycles. The molecule has 1 amide bonds. The van der Waals surface area contributed by atoms with Gasteiger partial charge in [0.05, 0.1) is 25.0 Å². The zero-order valence-electron chi connectivity index (χ0n) is 8.27. The Kier molecular flexibility index (Phi) is 4.52. The van der Waals surface area contributed by atoms with E-state index in [0.717, 1.165) is 0 Å². The third kappa shape index (κ3) is 3.92. The van der Waals surface area contributed by atoms with Crippen molar-refractivity contribution in [2.24, 2.45) is 0 Å². The van der Waals surface area contributed by atoms with Crippen LogP contribution in [0.2, 0.25) is 0 Å². The molecule has 6 heteroatoms. The smallest absolute Gasteiger partial charge is 0.276 e. The average molecular weight is 212 g/mol. The van der Waals surface area contributed by atoms with E-state index in [1.165, 1.54) is 25.6 Å². The number of rotatable bonds is 5. The van der Waals surface area contributed by atoms with Crippen LogP contribution in [0.5, 0.6) is 5.75 Å². The van der Waals surface area contributed by atoms with Gasteiger partial charge in [-0.2, -0.15) is 0 Å². The van der Waals surface area contributed by atoms with Gasteiger partial charge in [0.2, 0.25) is 0 Å². The number of aromatic nitrogens is 1. The normalized spacial score (nSPS) is 9.93. The summed E-state index contributed by atoms with van der Waals surface area (Å²) in [4.78, 5) is 19.8. The van der Waals surface area contributed by atoms with E-state index in [4.69, 9.17) is 14.7 Å². The summed E-state index contributed by atoms with van der Waals surface area (Å²) in [5.41, 5.74) is 2.42. The number of carbonyl (C=O) groups excluding carboxylic acids is 1. The highest BCUT2D eigenvalue weighted by Crippen LogP contribution is 2.07. The number of nitrogens with one attached hydrogen (secondary N) is 1. The summed E-state index contributed by atoms with van der Waals surface area (Å²) in [6, 6.07) is 1.29. The molecule has 1 aromatic heterocycles. The number of amides is 1. The highest BCUT2D eigenvalue weighted by Gasteiger charge is 2.06. The number of aromatic hydroxyl groups is 1. The van der Waals surface area contributed by atoms with E-state index in [-0.39, 0.29) is 17.9 Å². The van der Waals surface area contributed by atoms with Gasteiger partial charge in [-0.05, 0) is 6.07 Å². The van der Waals surface area contributed by atoms with Crippen LogP contribution < -0.4 is 5.48 Å². The van der Waals surface area contributed by atoms with Crippen LogP contribution in [-0.2, 0) is 9.57 Å². The molecule has 0 atom stereocenters. The zero-order chi connectivity index (χ0) is 11.1. The Hall–Kier alpha value is -1.66. The lowest BCUT2D eigenvalue weighted by atomic mass is 10.3. The monoisotopic (exact) mass is 212 g/mol. The van der Waals surface area contributed by atoms with E-state index < -0.39 is 5.91 Å². The minimum absolute atomic E-state index is 0.0699. The Morgan fingerprint density at radius 2 is 2.33 bits per heavy atom. The van der Waals surface area contributed by atoms with Crippen LogP contribution in [0.25, 0.3) is 0 Å². The number of hydrogen-bond donors (Lipinski definition) is 2. The second-order valence-corrected chi connectivity index (χ2v) is 2.70. The van der Waals surface area contributed by atoms with Crippen LogP contribution in [0.1, 0.15) is 10.4 Å². The summed E-state index contributed by atoms with van der Waals surface area (Å²) in [6.45, 7) is 0.646. The lowest BCUT2D eigenvalue weighted by molar-refractivity contribution is 0.00885. The number of pyridine rings is 1. The molecule has 1 rings (SSSR count). The number of methoxy groups -OCH3 is 1. The topological polar surface area (TPSA) is 80.7 Å². The molecule has 0 aliphatic heterocycles. The van der Waals surface area contributed by atoms with Gasteiger partial charge in [-0.15, -0.1) is 0 Å². The van der Waals surface area contributed by atoms with Crippen molar-refractivity contribution >= 4 is 5.91 Å². The molecule has 1 heterocycles. The summed E-state index contributed by atoms with van der Waals surface area (Å²) in [5.74, 6) is -0.533. The van der Waals surface area contributed by atoms with Gasteiger partial charge in [0.15, 0.2) is 0 Å². The van der Waals surface area contributed by atoms with Gasteiger partial charge in [-0.1, -0.05) is 0 Å². The van der Waals surface area contributed by atoms with Crippen molar-refractivity contribution in [2.75, 3.05) is 20.3 Å². The second-order valence-electron chi connectivity index (χ2n) is 2.70. The number of nitrogens with zero attached hydrogens (tertiary/aromatic N) is 1. The van der Waals surface area contributed by atoms with E-state index >= 15 is 0 Å². The van der Waals surface area contributed by atoms with Gasteiger partial charge in [0, 0.05) is 13.3 Å². The van der Waals surface area contributed by atoms with E-state index in [9.17, 15) is 4.79 Å². The van der Waals surface area contributed by atoms with Crippen LogP contribution in [0.15, 0.2) is 18.5 Å². The largest absolute Gasteiger partial charge is 0.506 e. The van der Waals surface area contributed by atoms with Crippen LogP contribution in [0.3, 0.4) is 0 Å². The number of hydrogen-bond acceptors (Lipinski definition) is 5. The fourth-order valence-electron chi connectivity index (χ4n) is 0.852. The predicted octanol–water partition coefficient (Wildman–Crippen LogP) is 0.0950. The fourth-order valence-corrected chi connectivity index (χ4v) is 0.852. The van der Waals surface area contributed by atoms with E-state index in [1.807, 2.05) is 0 Å². The van der Waals surface area contributed by atoms with Crippen LogP contribution >= 0.6 is 0 Å². The third-order valence-corrected chi connectivity index (χ3v) is 1.54. The summed E-state index contributed by atoms with van der Waals surface area (Å²) in [6.07, 6.45) is 2.57. The zero-order valence-corrected chi connectivity index (χ0v) is 8.27. The molecule has 82 valence electrons. The van der Waals surface area contributed by atoms with Crippen molar-refractivity contribution in [1.29, 1.82) is 0 Å². The Morgan fingerprint density at radius 1 is 1.53 bits per heavy atom. The number of carbonyl (C=O) groups is 1. The van der Waals surface area contributed by atoms with Gasteiger partial charge in [-0.3, -0.25) is 14.6 Å². The van der Waals surface area contributed by atoms with Crippen molar-refractivity contribution in [2.45, 2.75) is 0 Å². The van der Waals surface area contributed by atoms with Crippen LogP contribution in [0, 0.1) is 0 Å². The first-order valence-corrected chi connectivity index (χ1v) is 4.29. The van der Waals surface area contributed by atoms with Gasteiger partial charge >= 0.3 is 0 Å². The summed E-state index contributed by atoms with van der Waals surface area (Å²) >= 11 is 0. The van der Waals surface area contributed by atoms with E-state index in [2.05, 4.69) is 10.5 Å². The molecular weight excluding hydrogens is 200 g/mol. The molecule has 0 spiro atoms. The van der Waals surface area contributed by atoms with Crippen molar-refractivity contribution in [3.8, 4) is 5.75 Å². The van der Waals surface area contributed by atoms with Crippen molar-refractivity contribution in [1.82, 2.24) is 10.5 Å². The van der Waals surface area contributed by atoms with E-state index in [0.29, 0.717) is 6.61 Å². The Morgan fingerprint density at radius 3 is 3.00 bits per heavy atom. The van der Waals surface area contributed by atoms with Crippen LogP contribution in [0.4, 0.5) is 0 Å². The molecular formula is C9H12N2O4. The van der Waals surface area contributed by atoms with E-state index in [1.54, 1.807) is 0 Å². The lowest BCUT2D eigenvalue weighted by Gasteiger charge is -2.04. The molecule has 6 nitrogen and oxygen atoms in total. The SMILES string of the molecule is COCCONC(=O)c1cncc(O)c1. The molecule has 0 unspecified atom stereocenters. The van der Waals surface area contributed by atoms with Gasteiger partial charge in [0.1, 0.15) is 5.75 Å². The first kappa shape index (κ1) is 11.4. The quantitative estimate of drug-likeness (QED) is 0.534. The Balaban J connectivity index is 2.40. The molecule has 0 aliphatic rings. The molecule has 1 aromatic rings.